The maximum Gasteiger partial charge on any atom is 0.414 e. The van der Waals surface area contributed by atoms with Gasteiger partial charge in [0.2, 0.25) is 0 Å². The number of ether oxygens (including phenoxy) is 1. The second-order valence-corrected chi connectivity index (χ2v) is 4.41. The SMILES string of the molecule is O=C1NC(=O)c2ccccc2C(C(Cl)CCl)O1. The van der Waals surface area contributed by atoms with Gasteiger partial charge in [0.15, 0.2) is 0 Å². The van der Waals surface area contributed by atoms with Crippen LogP contribution in [0.15, 0.2) is 24.3 Å². The van der Waals surface area contributed by atoms with Gasteiger partial charge in [0.1, 0.15) is 6.10 Å². The third-order valence-corrected chi connectivity index (χ3v) is 3.31. The van der Waals surface area contributed by atoms with E-state index in [1.165, 1.54) is 0 Å². The van der Waals surface area contributed by atoms with E-state index in [1.807, 2.05) is 0 Å². The van der Waals surface area contributed by atoms with Gasteiger partial charge in [0.25, 0.3) is 5.91 Å². The molecule has 0 saturated carbocycles. The maximum absolute atomic E-state index is 11.7. The molecule has 1 aromatic rings. The van der Waals surface area contributed by atoms with Crippen LogP contribution < -0.4 is 5.32 Å². The summed E-state index contributed by atoms with van der Waals surface area (Å²) in [4.78, 5) is 23.0. The molecule has 1 N–H and O–H groups in total. The van der Waals surface area contributed by atoms with Gasteiger partial charge in [0, 0.05) is 17.0 Å². The van der Waals surface area contributed by atoms with Crippen molar-refractivity contribution in [2.75, 3.05) is 5.88 Å². The number of carbonyl (C=O) groups excluding carboxylic acids is 2. The van der Waals surface area contributed by atoms with Crippen LogP contribution in [0.1, 0.15) is 22.0 Å². The number of benzene rings is 1. The van der Waals surface area contributed by atoms with Crippen LogP contribution in [0.4, 0.5) is 4.79 Å². The number of carbonyl (C=O) groups is 2. The number of hydrogen-bond acceptors (Lipinski definition) is 3. The molecule has 0 radical (unpaired) electrons. The lowest BCUT2D eigenvalue weighted by molar-refractivity contribution is 0.0876. The highest BCUT2D eigenvalue weighted by molar-refractivity contribution is 6.28. The maximum atomic E-state index is 11.7. The summed E-state index contributed by atoms with van der Waals surface area (Å²) in [5.74, 6) is -0.381. The fourth-order valence-electron chi connectivity index (χ4n) is 1.67. The average Bonchev–Trinajstić information content (AvgIpc) is 2.46. The normalized spacial score (nSPS) is 20.9. The topological polar surface area (TPSA) is 55.4 Å². The predicted molar refractivity (Wildman–Crippen MR) is 63.5 cm³/mol. The van der Waals surface area contributed by atoms with Crippen LogP contribution in [-0.2, 0) is 4.74 Å². The third-order valence-electron chi connectivity index (χ3n) is 2.44. The van der Waals surface area contributed by atoms with Crippen LogP contribution in [0.2, 0.25) is 0 Å². The molecule has 1 aliphatic heterocycles. The van der Waals surface area contributed by atoms with Crippen LogP contribution in [0, 0.1) is 0 Å². The van der Waals surface area contributed by atoms with E-state index >= 15 is 0 Å². The highest BCUT2D eigenvalue weighted by atomic mass is 35.5. The van der Waals surface area contributed by atoms with E-state index in [9.17, 15) is 9.59 Å². The Kier molecular flexibility index (Phi) is 3.54. The molecule has 2 amide bonds. The lowest BCUT2D eigenvalue weighted by Crippen LogP contribution is -2.29. The molecule has 0 saturated heterocycles. The third kappa shape index (κ3) is 2.37. The molecule has 6 heteroatoms. The molecule has 1 aliphatic rings. The highest BCUT2D eigenvalue weighted by Gasteiger charge is 2.32. The predicted octanol–water partition coefficient (Wildman–Crippen LogP) is 2.45. The van der Waals surface area contributed by atoms with Crippen molar-refractivity contribution < 1.29 is 14.3 Å². The highest BCUT2D eigenvalue weighted by Crippen LogP contribution is 2.30. The van der Waals surface area contributed by atoms with E-state index in [2.05, 4.69) is 5.32 Å². The first-order valence-electron chi connectivity index (χ1n) is 4.94. The molecule has 1 heterocycles. The van der Waals surface area contributed by atoms with Crippen LogP contribution in [0.25, 0.3) is 0 Å². The molecule has 0 spiro atoms. The molecular weight excluding hydrogens is 265 g/mol. The van der Waals surface area contributed by atoms with Crippen LogP contribution in [0.3, 0.4) is 0 Å². The minimum Gasteiger partial charge on any atom is -0.439 e. The number of fused-ring (bicyclic) bond motifs is 1. The number of rotatable bonds is 2. The fraction of sp³-hybridized carbons (Fsp3) is 0.273. The molecule has 4 nitrogen and oxygen atoms in total. The second kappa shape index (κ2) is 4.94. The minimum absolute atomic E-state index is 0.113. The standard InChI is InChI=1S/C11H9Cl2NO3/c12-5-8(13)9-6-3-1-2-4-7(6)10(15)14-11(16)17-9/h1-4,8-9H,5H2,(H,14,15,16). The van der Waals surface area contributed by atoms with Gasteiger partial charge in [-0.3, -0.25) is 10.1 Å². The largest absolute Gasteiger partial charge is 0.439 e. The Morgan fingerprint density at radius 1 is 1.35 bits per heavy atom. The zero-order valence-corrected chi connectivity index (χ0v) is 10.2. The molecule has 1 aromatic carbocycles. The van der Waals surface area contributed by atoms with Crippen molar-refractivity contribution in [3.8, 4) is 0 Å². The molecule has 2 unspecified atom stereocenters. The lowest BCUT2D eigenvalue weighted by Gasteiger charge is -2.19. The van der Waals surface area contributed by atoms with E-state index in [0.29, 0.717) is 11.1 Å². The van der Waals surface area contributed by atoms with Gasteiger partial charge >= 0.3 is 6.09 Å². The first kappa shape index (κ1) is 12.2. The van der Waals surface area contributed by atoms with Gasteiger partial charge < -0.3 is 4.74 Å². The van der Waals surface area contributed by atoms with Crippen molar-refractivity contribution in [3.05, 3.63) is 35.4 Å². The van der Waals surface area contributed by atoms with Crippen LogP contribution >= 0.6 is 23.2 Å². The molecule has 2 atom stereocenters. The zero-order chi connectivity index (χ0) is 12.4. The summed E-state index contributed by atoms with van der Waals surface area (Å²) < 4.78 is 5.07. The number of amides is 2. The number of alkyl carbamates (subject to hydrolysis) is 1. The first-order valence-corrected chi connectivity index (χ1v) is 5.91. The summed E-state index contributed by atoms with van der Waals surface area (Å²) in [6.07, 6.45) is -1.54. The number of cyclic esters (lactones) is 1. The summed E-state index contributed by atoms with van der Waals surface area (Å²) in [6, 6.07) is 6.75. The van der Waals surface area contributed by atoms with Crippen molar-refractivity contribution in [1.82, 2.24) is 5.32 Å². The number of alkyl halides is 2. The van der Waals surface area contributed by atoms with Crippen molar-refractivity contribution in [2.45, 2.75) is 11.5 Å². The monoisotopic (exact) mass is 273 g/mol. The van der Waals surface area contributed by atoms with Crippen molar-refractivity contribution in [2.24, 2.45) is 0 Å². The van der Waals surface area contributed by atoms with Crippen molar-refractivity contribution >= 4 is 35.2 Å². The Hall–Kier alpha value is -1.26. The summed E-state index contributed by atoms with van der Waals surface area (Å²) in [7, 11) is 0. The van der Waals surface area contributed by atoms with E-state index in [4.69, 9.17) is 27.9 Å². The van der Waals surface area contributed by atoms with Crippen LogP contribution in [-0.4, -0.2) is 23.3 Å². The number of hydrogen-bond donors (Lipinski definition) is 1. The van der Waals surface area contributed by atoms with E-state index in [-0.39, 0.29) is 5.88 Å². The van der Waals surface area contributed by atoms with Gasteiger partial charge in [-0.1, -0.05) is 18.2 Å². The summed E-state index contributed by atoms with van der Waals surface area (Å²) >= 11 is 11.7. The Morgan fingerprint density at radius 2 is 2.06 bits per heavy atom. The fourth-order valence-corrected chi connectivity index (χ4v) is 2.02. The molecular formula is C11H9Cl2NO3. The first-order chi connectivity index (χ1) is 8.13. The summed E-state index contributed by atoms with van der Waals surface area (Å²) in [5.41, 5.74) is 0.940. The average molecular weight is 274 g/mol. The minimum atomic E-state index is -0.813. The zero-order valence-electron chi connectivity index (χ0n) is 8.65. The molecule has 0 bridgehead atoms. The Labute approximate surface area is 108 Å². The van der Waals surface area contributed by atoms with E-state index < -0.39 is 23.5 Å². The molecule has 90 valence electrons. The van der Waals surface area contributed by atoms with Gasteiger partial charge in [-0.05, 0) is 6.07 Å². The number of halogens is 2. The molecule has 0 fully saturated rings. The Balaban J connectivity index is 2.49. The van der Waals surface area contributed by atoms with Gasteiger partial charge in [-0.25, -0.2) is 4.79 Å². The van der Waals surface area contributed by atoms with E-state index in [1.54, 1.807) is 24.3 Å². The van der Waals surface area contributed by atoms with E-state index in [0.717, 1.165) is 0 Å². The molecule has 0 aromatic heterocycles. The van der Waals surface area contributed by atoms with Crippen LogP contribution in [0.5, 0.6) is 0 Å². The second-order valence-electron chi connectivity index (χ2n) is 3.54. The molecule has 17 heavy (non-hydrogen) atoms. The quantitative estimate of drug-likeness (QED) is 0.843. The summed E-state index contributed by atoms with van der Waals surface area (Å²) in [6.45, 7) is 0. The lowest BCUT2D eigenvalue weighted by atomic mass is 10.00. The Bertz CT molecular complexity index is 464. The number of nitrogens with one attached hydrogen (secondary N) is 1. The van der Waals surface area contributed by atoms with Crippen molar-refractivity contribution in [3.63, 3.8) is 0 Å². The molecule has 0 aliphatic carbocycles. The van der Waals surface area contributed by atoms with Gasteiger partial charge in [-0.15, -0.1) is 23.2 Å². The summed E-state index contributed by atoms with van der Waals surface area (Å²) in [5, 5.41) is 1.52. The Morgan fingerprint density at radius 3 is 2.76 bits per heavy atom. The molecule has 2 rings (SSSR count). The van der Waals surface area contributed by atoms with Gasteiger partial charge in [-0.2, -0.15) is 0 Å². The van der Waals surface area contributed by atoms with Crippen molar-refractivity contribution in [1.29, 1.82) is 0 Å². The van der Waals surface area contributed by atoms with Gasteiger partial charge in [0.05, 0.1) is 5.38 Å². The number of imide groups is 1. The smallest absolute Gasteiger partial charge is 0.414 e.